The van der Waals surface area contributed by atoms with Crippen molar-refractivity contribution < 1.29 is 4.79 Å². The monoisotopic (exact) mass is 279 g/mol. The van der Waals surface area contributed by atoms with Gasteiger partial charge in [0.15, 0.2) is 5.78 Å². The van der Waals surface area contributed by atoms with Gasteiger partial charge in [-0.3, -0.25) is 9.59 Å². The highest BCUT2D eigenvalue weighted by atomic mass is 35.7. The highest BCUT2D eigenvalue weighted by Crippen LogP contribution is 2.34. The number of hydrogen-bond acceptors (Lipinski definition) is 3. The maximum Gasteiger partial charge on any atom is 0.255 e. The van der Waals surface area contributed by atoms with Crippen LogP contribution in [0.2, 0.25) is 0 Å². The Bertz CT molecular complexity index is 691. The van der Waals surface area contributed by atoms with Crippen LogP contribution in [-0.4, -0.2) is 10.8 Å². The molecule has 0 aliphatic heterocycles. The van der Waals surface area contributed by atoms with Gasteiger partial charge in [-0.25, -0.2) is 0 Å². The number of H-pyrrole nitrogens is 1. The van der Waals surface area contributed by atoms with Gasteiger partial charge in [-0.2, -0.15) is 0 Å². The second-order valence-corrected chi connectivity index (χ2v) is 5.54. The SMILES string of the molecule is O=C(c1c[nH]c(=O)c2cc(SCl)ccc12)C1CC1. The standard InChI is InChI=1S/C13H10ClNO2S/c14-18-8-3-4-9-10(5-8)13(17)15-6-11(9)12(16)7-1-2-7/h3-7H,1-2H2,(H,15,17). The van der Waals surface area contributed by atoms with Crippen LogP contribution >= 0.6 is 21.7 Å². The van der Waals surface area contributed by atoms with Crippen LogP contribution in [0.1, 0.15) is 23.2 Å². The van der Waals surface area contributed by atoms with Gasteiger partial charge in [0.25, 0.3) is 5.56 Å². The first-order valence-electron chi connectivity index (χ1n) is 5.69. The Hall–Kier alpha value is -1.26. The highest BCUT2D eigenvalue weighted by molar-refractivity contribution is 8.21. The van der Waals surface area contributed by atoms with E-state index in [2.05, 4.69) is 4.98 Å². The minimum absolute atomic E-state index is 0.127. The van der Waals surface area contributed by atoms with Crippen LogP contribution in [0.5, 0.6) is 0 Å². The number of Topliss-reactive ketones (excluding diaryl/α,β-unsaturated/α-hetero) is 1. The van der Waals surface area contributed by atoms with Gasteiger partial charge in [0.2, 0.25) is 0 Å². The average Bonchev–Trinajstić information content (AvgIpc) is 3.22. The van der Waals surface area contributed by atoms with Gasteiger partial charge in [-0.05, 0) is 52.0 Å². The number of carbonyl (C=O) groups excluding carboxylic acids is 1. The van der Waals surface area contributed by atoms with Crippen LogP contribution in [0.25, 0.3) is 10.8 Å². The van der Waals surface area contributed by atoms with Crippen LogP contribution in [-0.2, 0) is 0 Å². The number of ketones is 1. The Kier molecular flexibility index (Phi) is 2.92. The second-order valence-electron chi connectivity index (χ2n) is 4.45. The first-order chi connectivity index (χ1) is 8.70. The van der Waals surface area contributed by atoms with Crippen molar-refractivity contribution >= 4 is 38.2 Å². The average molecular weight is 280 g/mol. The molecule has 1 saturated carbocycles. The van der Waals surface area contributed by atoms with E-state index in [1.165, 1.54) is 6.20 Å². The Morgan fingerprint density at radius 3 is 2.78 bits per heavy atom. The number of fused-ring (bicyclic) bond motifs is 1. The molecule has 1 aromatic carbocycles. The third-order valence-electron chi connectivity index (χ3n) is 3.18. The molecule has 0 atom stereocenters. The van der Waals surface area contributed by atoms with Crippen molar-refractivity contribution in [2.45, 2.75) is 17.7 Å². The molecule has 3 nitrogen and oxygen atoms in total. The zero-order chi connectivity index (χ0) is 12.7. The summed E-state index contributed by atoms with van der Waals surface area (Å²) >= 11 is 0. The zero-order valence-electron chi connectivity index (χ0n) is 9.40. The number of benzene rings is 1. The molecule has 92 valence electrons. The Morgan fingerprint density at radius 2 is 2.11 bits per heavy atom. The molecular weight excluding hydrogens is 270 g/mol. The zero-order valence-corrected chi connectivity index (χ0v) is 11.0. The van der Waals surface area contributed by atoms with Gasteiger partial charge in [0.05, 0.1) is 0 Å². The summed E-state index contributed by atoms with van der Waals surface area (Å²) in [6, 6.07) is 5.34. The normalized spacial score (nSPS) is 14.9. The van der Waals surface area contributed by atoms with Crippen molar-refractivity contribution in [3.63, 3.8) is 0 Å². The molecule has 0 spiro atoms. The molecule has 0 radical (unpaired) electrons. The quantitative estimate of drug-likeness (QED) is 0.877. The number of aromatic nitrogens is 1. The maximum absolute atomic E-state index is 12.1. The number of nitrogens with one attached hydrogen (secondary N) is 1. The van der Waals surface area contributed by atoms with Crippen molar-refractivity contribution in [1.29, 1.82) is 0 Å². The van der Waals surface area contributed by atoms with E-state index in [0.29, 0.717) is 16.3 Å². The number of carbonyl (C=O) groups is 1. The molecule has 1 heterocycles. The van der Waals surface area contributed by atoms with Crippen LogP contribution in [0.3, 0.4) is 0 Å². The van der Waals surface area contributed by atoms with Gasteiger partial charge >= 0.3 is 0 Å². The third-order valence-corrected chi connectivity index (χ3v) is 4.14. The maximum atomic E-state index is 12.1. The molecule has 1 N–H and O–H groups in total. The van der Waals surface area contributed by atoms with Crippen LogP contribution in [0.15, 0.2) is 34.1 Å². The minimum atomic E-state index is -0.190. The van der Waals surface area contributed by atoms with Crippen LogP contribution in [0.4, 0.5) is 0 Å². The Morgan fingerprint density at radius 1 is 1.33 bits per heavy atom. The van der Waals surface area contributed by atoms with Crippen molar-refractivity contribution in [3.8, 4) is 0 Å². The van der Waals surface area contributed by atoms with E-state index >= 15 is 0 Å². The summed E-state index contributed by atoms with van der Waals surface area (Å²) in [5.41, 5.74) is 0.420. The molecule has 5 heteroatoms. The molecule has 18 heavy (non-hydrogen) atoms. The lowest BCUT2D eigenvalue weighted by atomic mass is 10.0. The summed E-state index contributed by atoms with van der Waals surface area (Å²) in [5.74, 6) is 0.267. The molecular formula is C13H10ClNO2S. The predicted octanol–water partition coefficient (Wildman–Crippen LogP) is 3.37. The molecule has 1 aromatic heterocycles. The molecule has 1 aliphatic rings. The summed E-state index contributed by atoms with van der Waals surface area (Å²) < 4.78 is 0. The molecule has 0 amide bonds. The Labute approximate surface area is 112 Å². The van der Waals surface area contributed by atoms with E-state index < -0.39 is 0 Å². The van der Waals surface area contributed by atoms with E-state index in [4.69, 9.17) is 10.7 Å². The summed E-state index contributed by atoms with van der Waals surface area (Å²) in [7, 11) is 6.74. The fourth-order valence-corrected chi connectivity index (χ4v) is 2.63. The smallest absolute Gasteiger partial charge is 0.255 e. The summed E-state index contributed by atoms with van der Waals surface area (Å²) in [6.45, 7) is 0. The van der Waals surface area contributed by atoms with Crippen molar-refractivity contribution in [2.24, 2.45) is 5.92 Å². The molecule has 0 bridgehead atoms. The van der Waals surface area contributed by atoms with Gasteiger partial charge in [0.1, 0.15) is 0 Å². The van der Waals surface area contributed by atoms with Crippen molar-refractivity contribution in [2.75, 3.05) is 0 Å². The van der Waals surface area contributed by atoms with E-state index in [1.807, 2.05) is 6.07 Å². The largest absolute Gasteiger partial charge is 0.328 e. The number of pyridine rings is 1. The second kappa shape index (κ2) is 4.44. The lowest BCUT2D eigenvalue weighted by Crippen LogP contribution is -2.11. The lowest BCUT2D eigenvalue weighted by Gasteiger charge is -2.05. The molecule has 0 unspecified atom stereocenters. The van der Waals surface area contributed by atoms with Gasteiger partial charge in [-0.1, -0.05) is 6.07 Å². The van der Waals surface area contributed by atoms with E-state index in [-0.39, 0.29) is 17.3 Å². The molecule has 1 fully saturated rings. The predicted molar refractivity (Wildman–Crippen MR) is 73.3 cm³/mol. The van der Waals surface area contributed by atoms with Crippen LogP contribution in [0, 0.1) is 5.92 Å². The molecule has 3 rings (SSSR count). The number of halogens is 1. The molecule has 1 aliphatic carbocycles. The lowest BCUT2D eigenvalue weighted by molar-refractivity contribution is 0.0969. The summed E-state index contributed by atoms with van der Waals surface area (Å²) in [4.78, 5) is 27.3. The van der Waals surface area contributed by atoms with E-state index in [0.717, 1.165) is 28.7 Å². The van der Waals surface area contributed by atoms with Crippen LogP contribution < -0.4 is 5.56 Å². The molecule has 0 saturated heterocycles. The topological polar surface area (TPSA) is 49.9 Å². The van der Waals surface area contributed by atoms with Crippen molar-refractivity contribution in [3.05, 3.63) is 40.3 Å². The van der Waals surface area contributed by atoms with E-state index in [1.54, 1.807) is 12.1 Å². The van der Waals surface area contributed by atoms with Gasteiger partial charge < -0.3 is 4.98 Å². The number of aromatic amines is 1. The first-order valence-corrected chi connectivity index (χ1v) is 7.33. The van der Waals surface area contributed by atoms with Gasteiger partial charge in [0, 0.05) is 28.0 Å². The van der Waals surface area contributed by atoms with Gasteiger partial charge in [-0.15, -0.1) is 0 Å². The number of hydrogen-bond donors (Lipinski definition) is 1. The summed E-state index contributed by atoms with van der Waals surface area (Å²) in [5, 5.41) is 1.23. The Balaban J connectivity index is 2.24. The molecule has 2 aromatic rings. The van der Waals surface area contributed by atoms with Crippen molar-refractivity contribution in [1.82, 2.24) is 4.98 Å². The minimum Gasteiger partial charge on any atom is -0.328 e. The van der Waals surface area contributed by atoms with E-state index in [9.17, 15) is 9.59 Å². The third kappa shape index (κ3) is 1.95. The fourth-order valence-electron chi connectivity index (χ4n) is 2.06. The summed E-state index contributed by atoms with van der Waals surface area (Å²) in [6.07, 6.45) is 3.43. The fraction of sp³-hybridized carbons (Fsp3) is 0.231. The first kappa shape index (κ1) is 11.8. The number of rotatable bonds is 3. The highest BCUT2D eigenvalue weighted by Gasteiger charge is 2.31.